The molecule has 2 aromatic rings. The zero-order valence-corrected chi connectivity index (χ0v) is 18.8. The molecule has 0 heterocycles. The minimum atomic E-state index is -0.492. The summed E-state index contributed by atoms with van der Waals surface area (Å²) in [6.07, 6.45) is 6.43. The Labute approximate surface area is 196 Å². The summed E-state index contributed by atoms with van der Waals surface area (Å²) in [4.78, 5) is 30.2. The maximum absolute atomic E-state index is 14.1. The van der Waals surface area contributed by atoms with Gasteiger partial charge in [0, 0.05) is 6.08 Å². The molecule has 2 aliphatic carbocycles. The largest absolute Gasteiger partial charge is 0.492 e. The van der Waals surface area contributed by atoms with Gasteiger partial charge in [0.15, 0.2) is 17.3 Å². The summed E-state index contributed by atoms with van der Waals surface area (Å²) in [5.41, 5.74) is 6.49. The van der Waals surface area contributed by atoms with E-state index in [9.17, 15) is 14.0 Å². The molecular weight excluding hydrogens is 437 g/mol. The number of Topliss-reactive ketones (excluding diaryl/α,β-unsaturated/α-hetero) is 1. The van der Waals surface area contributed by atoms with Crippen molar-refractivity contribution in [3.63, 3.8) is 0 Å². The highest BCUT2D eigenvalue weighted by molar-refractivity contribution is 6.10. The van der Waals surface area contributed by atoms with E-state index in [1.54, 1.807) is 42.5 Å². The number of fused-ring (bicyclic) bond motifs is 1. The molecule has 0 saturated carbocycles. The van der Waals surface area contributed by atoms with Gasteiger partial charge in [0.25, 0.3) is 11.7 Å². The summed E-state index contributed by atoms with van der Waals surface area (Å²) in [6.45, 7) is 1.84. The molecule has 0 atom stereocenters. The van der Waals surface area contributed by atoms with Gasteiger partial charge in [-0.3, -0.25) is 9.59 Å². The van der Waals surface area contributed by atoms with Crippen molar-refractivity contribution in [2.24, 2.45) is 0 Å². The lowest BCUT2D eigenvalue weighted by atomic mass is 9.99. The van der Waals surface area contributed by atoms with Crippen molar-refractivity contribution >= 4 is 22.8 Å². The number of nitrogens with one attached hydrogen (secondary N) is 1. The molecule has 0 fully saturated rings. The Balaban J connectivity index is 1.72. The van der Waals surface area contributed by atoms with Crippen LogP contribution in [-0.4, -0.2) is 25.9 Å². The predicted octanol–water partition coefficient (Wildman–Crippen LogP) is 4.68. The molecule has 7 heteroatoms. The van der Waals surface area contributed by atoms with Gasteiger partial charge in [0.05, 0.1) is 14.2 Å². The smallest absolute Gasteiger partial charge is 0.277 e. The molecule has 34 heavy (non-hydrogen) atoms. The molecule has 0 aromatic heterocycles. The highest BCUT2D eigenvalue weighted by Crippen LogP contribution is 2.43. The second kappa shape index (κ2) is 9.62. The van der Waals surface area contributed by atoms with E-state index in [2.05, 4.69) is 5.48 Å². The van der Waals surface area contributed by atoms with Gasteiger partial charge in [-0.2, -0.15) is 5.48 Å². The summed E-state index contributed by atoms with van der Waals surface area (Å²) < 4.78 is 24.5. The molecule has 0 saturated heterocycles. The molecule has 0 spiro atoms. The molecule has 0 unspecified atom stereocenters. The topological polar surface area (TPSA) is 73.9 Å². The van der Waals surface area contributed by atoms with Crippen LogP contribution < -0.4 is 10.3 Å². The number of hydrogen-bond acceptors (Lipinski definition) is 5. The Morgan fingerprint density at radius 3 is 2.29 bits per heavy atom. The van der Waals surface area contributed by atoms with Crippen molar-refractivity contribution in [3.05, 3.63) is 112 Å². The fraction of sp³-hybridized carbons (Fsp3) is 0.111. The Hall–Kier alpha value is -4.39. The number of ether oxygens (including phenoxy) is 2. The van der Waals surface area contributed by atoms with Crippen molar-refractivity contribution in [2.45, 2.75) is 6.92 Å². The lowest BCUT2D eigenvalue weighted by molar-refractivity contribution is -0.122. The number of benzene rings is 2. The third kappa shape index (κ3) is 4.54. The third-order valence-corrected chi connectivity index (χ3v) is 5.45. The number of hydrogen-bond donors (Lipinski definition) is 1. The summed E-state index contributed by atoms with van der Waals surface area (Å²) in [5.74, 6) is -0.480. The minimum Gasteiger partial charge on any atom is -0.492 e. The molecule has 172 valence electrons. The molecule has 0 bridgehead atoms. The zero-order chi connectivity index (χ0) is 24.2. The molecule has 0 aliphatic heterocycles. The van der Waals surface area contributed by atoms with Gasteiger partial charge in [-0.25, -0.2) is 4.39 Å². The van der Waals surface area contributed by atoms with Crippen LogP contribution in [0.2, 0.25) is 0 Å². The molecule has 0 radical (unpaired) electrons. The first kappa shape index (κ1) is 22.8. The second-order valence-corrected chi connectivity index (χ2v) is 7.57. The first-order valence-electron chi connectivity index (χ1n) is 10.4. The van der Waals surface area contributed by atoms with E-state index in [1.807, 2.05) is 19.1 Å². The van der Waals surface area contributed by atoms with Crippen molar-refractivity contribution < 1.29 is 28.3 Å². The van der Waals surface area contributed by atoms with Crippen molar-refractivity contribution in [1.29, 1.82) is 0 Å². The molecule has 6 nitrogen and oxygen atoms in total. The Morgan fingerprint density at radius 1 is 0.971 bits per heavy atom. The van der Waals surface area contributed by atoms with Crippen LogP contribution >= 0.6 is 0 Å². The Kier molecular flexibility index (Phi) is 6.45. The lowest BCUT2D eigenvalue weighted by Gasteiger charge is -2.14. The fourth-order valence-electron chi connectivity index (χ4n) is 3.80. The Bertz CT molecular complexity index is 1290. The van der Waals surface area contributed by atoms with Gasteiger partial charge in [0.1, 0.15) is 5.82 Å². The van der Waals surface area contributed by atoms with Crippen LogP contribution in [0.5, 0.6) is 5.75 Å². The van der Waals surface area contributed by atoms with Crippen LogP contribution in [0.4, 0.5) is 4.39 Å². The van der Waals surface area contributed by atoms with Crippen LogP contribution in [0.15, 0.2) is 95.5 Å². The molecule has 2 aliphatic rings. The highest BCUT2D eigenvalue weighted by Gasteiger charge is 2.26. The maximum Gasteiger partial charge on any atom is 0.277 e. The lowest BCUT2D eigenvalue weighted by Crippen LogP contribution is -2.25. The van der Waals surface area contributed by atoms with E-state index in [-0.39, 0.29) is 17.3 Å². The van der Waals surface area contributed by atoms with Crippen molar-refractivity contribution in [3.8, 4) is 5.75 Å². The first-order chi connectivity index (χ1) is 16.4. The summed E-state index contributed by atoms with van der Waals surface area (Å²) in [6, 6.07) is 13.2. The SMILES string of the molecule is COC1=CC(=CC2=C(C)C(=CC(=O)NOc3ccccc3)c3cc(F)ccc32)C=C(OC)C1=O. The number of carbonyl (C=O) groups is 2. The van der Waals surface area contributed by atoms with Crippen molar-refractivity contribution in [2.75, 3.05) is 14.2 Å². The van der Waals surface area contributed by atoms with Gasteiger partial charge < -0.3 is 14.3 Å². The van der Waals surface area contributed by atoms with Gasteiger partial charge in [-0.05, 0) is 82.8 Å². The Morgan fingerprint density at radius 2 is 1.65 bits per heavy atom. The van der Waals surface area contributed by atoms with E-state index in [4.69, 9.17) is 14.3 Å². The minimum absolute atomic E-state index is 0.148. The summed E-state index contributed by atoms with van der Waals surface area (Å²) >= 11 is 0. The third-order valence-electron chi connectivity index (χ3n) is 5.45. The van der Waals surface area contributed by atoms with Crippen LogP contribution in [0, 0.1) is 5.82 Å². The van der Waals surface area contributed by atoms with Crippen LogP contribution in [0.3, 0.4) is 0 Å². The van der Waals surface area contributed by atoms with Crippen LogP contribution in [0.1, 0.15) is 18.1 Å². The average Bonchev–Trinajstić information content (AvgIpc) is 3.09. The number of amides is 1. The van der Waals surface area contributed by atoms with Gasteiger partial charge in [-0.1, -0.05) is 24.3 Å². The molecule has 4 rings (SSSR count). The van der Waals surface area contributed by atoms with E-state index < -0.39 is 11.7 Å². The number of ketones is 1. The van der Waals surface area contributed by atoms with E-state index >= 15 is 0 Å². The number of methoxy groups -OCH3 is 2. The number of halogens is 1. The van der Waals surface area contributed by atoms with Crippen molar-refractivity contribution in [1.82, 2.24) is 5.48 Å². The normalized spacial score (nSPS) is 16.1. The number of para-hydroxylation sites is 1. The second-order valence-electron chi connectivity index (χ2n) is 7.57. The molecule has 1 amide bonds. The average molecular weight is 459 g/mol. The number of carbonyl (C=O) groups excluding carboxylic acids is 2. The van der Waals surface area contributed by atoms with E-state index in [0.717, 1.165) is 16.7 Å². The maximum atomic E-state index is 14.1. The quantitative estimate of drug-likeness (QED) is 0.502. The molecule has 2 aromatic carbocycles. The van der Waals surface area contributed by atoms with E-state index in [1.165, 1.54) is 32.4 Å². The monoisotopic (exact) mass is 459 g/mol. The van der Waals surface area contributed by atoms with Gasteiger partial charge >= 0.3 is 0 Å². The van der Waals surface area contributed by atoms with E-state index in [0.29, 0.717) is 22.5 Å². The first-order valence-corrected chi connectivity index (χ1v) is 10.4. The van der Waals surface area contributed by atoms with Gasteiger partial charge in [-0.15, -0.1) is 0 Å². The summed E-state index contributed by atoms with van der Waals surface area (Å²) in [5, 5.41) is 0. The molecular formula is C27H22FNO5. The zero-order valence-electron chi connectivity index (χ0n) is 18.8. The molecule has 1 N–H and O–H groups in total. The van der Waals surface area contributed by atoms with Gasteiger partial charge in [0.2, 0.25) is 0 Å². The summed E-state index contributed by atoms with van der Waals surface area (Å²) in [7, 11) is 2.82. The number of rotatable bonds is 6. The van der Waals surface area contributed by atoms with Crippen LogP contribution in [0.25, 0.3) is 11.1 Å². The highest BCUT2D eigenvalue weighted by atomic mass is 19.1. The van der Waals surface area contributed by atoms with Crippen LogP contribution in [-0.2, 0) is 19.1 Å². The fourth-order valence-corrected chi connectivity index (χ4v) is 3.80. The standard InChI is InChI=1S/C27H22FNO5/c1-16-21(11-17-12-24(32-2)27(31)25(13-17)33-3)20-10-9-18(28)14-23(20)22(16)15-26(30)29-34-19-7-5-4-6-8-19/h4-15H,1-3H3,(H,29,30). The number of allylic oxidation sites excluding steroid dienone is 7. The number of hydroxylamine groups is 1. The predicted molar refractivity (Wildman–Crippen MR) is 125 cm³/mol.